The van der Waals surface area contributed by atoms with Gasteiger partial charge in [-0.25, -0.2) is 4.98 Å². The number of benzene rings is 3. The molecule has 3 heterocycles. The molecule has 0 aliphatic carbocycles. The summed E-state index contributed by atoms with van der Waals surface area (Å²) < 4.78 is 5.65. The standard InChI is InChI=1S/C30H21N3O3S/c34-27(22-11-9-21(10-12-22)20-6-2-1-3-7-20)17-33-26-16-23(13-14-28(26)36-18-29(33)35)25-19-37-30(32-25)24-8-4-5-15-31-24/h1-16,19H,17-18H2. The fourth-order valence-corrected chi connectivity index (χ4v) is 5.07. The lowest BCUT2D eigenvalue weighted by Gasteiger charge is -2.29. The number of pyridine rings is 1. The van der Waals surface area contributed by atoms with Crippen molar-refractivity contribution in [1.29, 1.82) is 0 Å². The summed E-state index contributed by atoms with van der Waals surface area (Å²) in [4.78, 5) is 36.6. The van der Waals surface area contributed by atoms with Crippen LogP contribution in [0.15, 0.2) is 103 Å². The molecule has 0 saturated heterocycles. The van der Waals surface area contributed by atoms with Crippen molar-refractivity contribution in [3.8, 4) is 38.8 Å². The molecule has 0 spiro atoms. The second-order valence-electron chi connectivity index (χ2n) is 8.57. The minimum Gasteiger partial charge on any atom is -0.482 e. The highest BCUT2D eigenvalue weighted by atomic mass is 32.1. The van der Waals surface area contributed by atoms with Gasteiger partial charge in [-0.2, -0.15) is 0 Å². The first kappa shape index (κ1) is 22.8. The number of thiazole rings is 1. The number of ether oxygens (including phenoxy) is 1. The Balaban J connectivity index is 1.25. The number of aromatic nitrogens is 2. The third kappa shape index (κ3) is 4.64. The number of amides is 1. The minimum atomic E-state index is -0.258. The molecule has 1 aliphatic rings. The fourth-order valence-electron chi connectivity index (χ4n) is 4.26. The maximum atomic E-state index is 13.2. The Labute approximate surface area is 217 Å². The third-order valence-corrected chi connectivity index (χ3v) is 7.07. The molecule has 6 rings (SSSR count). The van der Waals surface area contributed by atoms with E-state index in [0.717, 1.165) is 33.1 Å². The zero-order chi connectivity index (χ0) is 25.2. The van der Waals surface area contributed by atoms with E-state index in [-0.39, 0.29) is 24.8 Å². The topological polar surface area (TPSA) is 72.4 Å². The summed E-state index contributed by atoms with van der Waals surface area (Å²) >= 11 is 1.50. The maximum absolute atomic E-state index is 13.2. The van der Waals surface area contributed by atoms with Gasteiger partial charge in [-0.3, -0.25) is 19.5 Å². The van der Waals surface area contributed by atoms with Gasteiger partial charge in [0.25, 0.3) is 5.91 Å². The van der Waals surface area contributed by atoms with Crippen molar-refractivity contribution in [2.45, 2.75) is 0 Å². The molecule has 37 heavy (non-hydrogen) atoms. The van der Waals surface area contributed by atoms with E-state index in [9.17, 15) is 9.59 Å². The van der Waals surface area contributed by atoms with Crippen LogP contribution in [0.3, 0.4) is 0 Å². The van der Waals surface area contributed by atoms with E-state index in [1.54, 1.807) is 18.3 Å². The lowest BCUT2D eigenvalue weighted by Crippen LogP contribution is -2.42. The minimum absolute atomic E-state index is 0.0699. The molecule has 0 saturated carbocycles. The summed E-state index contributed by atoms with van der Waals surface area (Å²) in [6, 6.07) is 28.8. The molecule has 0 unspecified atom stereocenters. The monoisotopic (exact) mass is 503 g/mol. The first-order valence-electron chi connectivity index (χ1n) is 11.8. The van der Waals surface area contributed by atoms with E-state index >= 15 is 0 Å². The zero-order valence-corrected chi connectivity index (χ0v) is 20.5. The number of ketones is 1. The highest BCUT2D eigenvalue weighted by Crippen LogP contribution is 2.37. The van der Waals surface area contributed by atoms with Gasteiger partial charge in [0.2, 0.25) is 0 Å². The lowest BCUT2D eigenvalue weighted by molar-refractivity contribution is -0.121. The van der Waals surface area contributed by atoms with Crippen molar-refractivity contribution in [2.24, 2.45) is 0 Å². The van der Waals surface area contributed by atoms with Gasteiger partial charge in [0.1, 0.15) is 10.8 Å². The van der Waals surface area contributed by atoms with E-state index in [0.29, 0.717) is 17.0 Å². The second-order valence-corrected chi connectivity index (χ2v) is 9.43. The highest BCUT2D eigenvalue weighted by Gasteiger charge is 2.28. The molecule has 6 nitrogen and oxygen atoms in total. The van der Waals surface area contributed by atoms with Crippen molar-refractivity contribution in [3.63, 3.8) is 0 Å². The molecular formula is C30H21N3O3S. The summed E-state index contributed by atoms with van der Waals surface area (Å²) in [6.45, 7) is -0.174. The van der Waals surface area contributed by atoms with Crippen LogP contribution in [-0.2, 0) is 4.79 Å². The number of rotatable bonds is 6. The van der Waals surface area contributed by atoms with Crippen LogP contribution in [0.1, 0.15) is 10.4 Å². The Hall–Kier alpha value is -4.62. The molecule has 1 aliphatic heterocycles. The number of hydrogen-bond acceptors (Lipinski definition) is 6. The van der Waals surface area contributed by atoms with Crippen LogP contribution >= 0.6 is 11.3 Å². The Morgan fingerprint density at radius 2 is 1.62 bits per heavy atom. The summed E-state index contributed by atoms with van der Waals surface area (Å²) in [7, 11) is 0. The van der Waals surface area contributed by atoms with Crippen LogP contribution in [0.2, 0.25) is 0 Å². The van der Waals surface area contributed by atoms with Crippen molar-refractivity contribution < 1.29 is 14.3 Å². The van der Waals surface area contributed by atoms with Crippen LogP contribution in [0, 0.1) is 0 Å². The van der Waals surface area contributed by atoms with Gasteiger partial charge in [-0.15, -0.1) is 11.3 Å². The van der Waals surface area contributed by atoms with Gasteiger partial charge in [0.15, 0.2) is 12.4 Å². The number of fused-ring (bicyclic) bond motifs is 1. The van der Waals surface area contributed by atoms with Crippen LogP contribution < -0.4 is 9.64 Å². The number of anilines is 1. The molecule has 180 valence electrons. The average molecular weight is 504 g/mol. The van der Waals surface area contributed by atoms with Crippen LogP contribution in [-0.4, -0.2) is 34.8 Å². The van der Waals surface area contributed by atoms with E-state index in [1.807, 2.05) is 84.2 Å². The SMILES string of the molecule is O=C(CN1C(=O)COc2ccc(-c3csc(-c4ccccn4)n3)cc21)c1ccc(-c2ccccc2)cc1. The summed E-state index contributed by atoms with van der Waals surface area (Å²) in [5.74, 6) is 0.166. The quantitative estimate of drug-likeness (QED) is 0.260. The third-order valence-electron chi connectivity index (χ3n) is 6.20. The Morgan fingerprint density at radius 3 is 2.41 bits per heavy atom. The van der Waals surface area contributed by atoms with Crippen molar-refractivity contribution in [3.05, 3.63) is 108 Å². The van der Waals surface area contributed by atoms with E-state index in [4.69, 9.17) is 9.72 Å². The van der Waals surface area contributed by atoms with E-state index in [1.165, 1.54) is 16.2 Å². The Bertz CT molecular complexity index is 1580. The number of hydrogen-bond donors (Lipinski definition) is 0. The van der Waals surface area contributed by atoms with Gasteiger partial charge < -0.3 is 4.74 Å². The van der Waals surface area contributed by atoms with Gasteiger partial charge in [0, 0.05) is 22.7 Å². The van der Waals surface area contributed by atoms with Gasteiger partial charge in [-0.1, -0.05) is 60.7 Å². The fraction of sp³-hybridized carbons (Fsp3) is 0.0667. The first-order valence-corrected chi connectivity index (χ1v) is 12.7. The zero-order valence-electron chi connectivity index (χ0n) is 19.7. The van der Waals surface area contributed by atoms with Crippen molar-refractivity contribution in [2.75, 3.05) is 18.1 Å². The molecule has 2 aromatic heterocycles. The van der Waals surface area contributed by atoms with Gasteiger partial charge in [-0.05, 0) is 41.5 Å². The highest BCUT2D eigenvalue weighted by molar-refractivity contribution is 7.13. The molecular weight excluding hydrogens is 482 g/mol. The Morgan fingerprint density at radius 1 is 0.865 bits per heavy atom. The predicted molar refractivity (Wildman–Crippen MR) is 145 cm³/mol. The van der Waals surface area contributed by atoms with Crippen LogP contribution in [0.25, 0.3) is 33.1 Å². The van der Waals surface area contributed by atoms with Crippen molar-refractivity contribution in [1.82, 2.24) is 9.97 Å². The molecule has 0 fully saturated rings. The normalized spacial score (nSPS) is 12.6. The molecule has 3 aromatic carbocycles. The predicted octanol–water partition coefficient (Wildman–Crippen LogP) is 6.15. The lowest BCUT2D eigenvalue weighted by atomic mass is 10.0. The summed E-state index contributed by atoms with van der Waals surface area (Å²) in [5.41, 5.74) is 5.64. The van der Waals surface area contributed by atoms with Gasteiger partial charge >= 0.3 is 0 Å². The summed E-state index contributed by atoms with van der Waals surface area (Å²) in [6.07, 6.45) is 1.74. The van der Waals surface area contributed by atoms with Crippen molar-refractivity contribution >= 4 is 28.7 Å². The number of carbonyl (C=O) groups excluding carboxylic acids is 2. The molecule has 0 atom stereocenters. The molecule has 0 radical (unpaired) electrons. The maximum Gasteiger partial charge on any atom is 0.265 e. The van der Waals surface area contributed by atoms with Crippen LogP contribution in [0.4, 0.5) is 5.69 Å². The van der Waals surface area contributed by atoms with Gasteiger partial charge in [0.05, 0.1) is 23.6 Å². The molecule has 7 heteroatoms. The number of carbonyl (C=O) groups is 2. The molecule has 1 amide bonds. The molecule has 0 bridgehead atoms. The Kier molecular flexibility index (Phi) is 6.04. The number of Topliss-reactive ketones (excluding diaryl/α,β-unsaturated/α-hetero) is 1. The second kappa shape index (κ2) is 9.79. The number of nitrogens with zero attached hydrogens (tertiary/aromatic N) is 3. The van der Waals surface area contributed by atoms with E-state index < -0.39 is 0 Å². The molecule has 5 aromatic rings. The smallest absolute Gasteiger partial charge is 0.265 e. The average Bonchev–Trinajstić information content (AvgIpc) is 3.46. The van der Waals surface area contributed by atoms with E-state index in [2.05, 4.69) is 4.98 Å². The largest absolute Gasteiger partial charge is 0.482 e. The van der Waals surface area contributed by atoms with Crippen LogP contribution in [0.5, 0.6) is 5.75 Å². The summed E-state index contributed by atoms with van der Waals surface area (Å²) in [5, 5.41) is 2.77. The molecule has 0 N–H and O–H groups in total. The first-order chi connectivity index (χ1) is 18.2.